The Kier molecular flexibility index (Phi) is 6.31. The molecular weight excluding hydrogens is 308 g/mol. The molecule has 0 saturated carbocycles. The van der Waals surface area contributed by atoms with Crippen LogP contribution in [-0.4, -0.2) is 31.5 Å². The highest BCUT2D eigenvalue weighted by atomic mass is 79.9. The summed E-state index contributed by atoms with van der Waals surface area (Å²) in [6.07, 6.45) is 0.707. The summed E-state index contributed by atoms with van der Waals surface area (Å²) in [6.45, 7) is 2.96. The van der Waals surface area contributed by atoms with Gasteiger partial charge in [-0.05, 0) is 31.2 Å². The first-order valence-corrected chi connectivity index (χ1v) is 7.06. The predicted molar refractivity (Wildman–Crippen MR) is 80.0 cm³/mol. The van der Waals surface area contributed by atoms with Crippen molar-refractivity contribution in [2.75, 3.05) is 20.7 Å². The lowest BCUT2D eigenvalue weighted by atomic mass is 10.1. The van der Waals surface area contributed by atoms with Crippen LogP contribution < -0.4 is 10.5 Å². The number of ether oxygens (including phenoxy) is 1. The molecule has 5 heteroatoms. The minimum atomic E-state index is -0.0480. The lowest BCUT2D eigenvalue weighted by molar-refractivity contribution is -0.134. The molecule has 1 atom stereocenters. The van der Waals surface area contributed by atoms with E-state index in [0.717, 1.165) is 15.8 Å². The number of carbonyl (C=O) groups is 1. The zero-order chi connectivity index (χ0) is 14.4. The number of nitrogens with zero attached hydrogens (tertiary/aromatic N) is 1. The second-order valence-electron chi connectivity index (χ2n) is 4.63. The molecule has 0 heterocycles. The molecule has 1 aromatic carbocycles. The lowest BCUT2D eigenvalue weighted by Crippen LogP contribution is -2.32. The van der Waals surface area contributed by atoms with E-state index < -0.39 is 0 Å². The number of hydrogen-bond donors (Lipinski definition) is 1. The van der Waals surface area contributed by atoms with Gasteiger partial charge in [0.15, 0.2) is 0 Å². The molecule has 1 unspecified atom stereocenters. The van der Waals surface area contributed by atoms with Gasteiger partial charge < -0.3 is 15.4 Å². The van der Waals surface area contributed by atoms with Gasteiger partial charge in [-0.3, -0.25) is 4.79 Å². The van der Waals surface area contributed by atoms with Gasteiger partial charge in [-0.25, -0.2) is 0 Å². The average molecular weight is 329 g/mol. The van der Waals surface area contributed by atoms with Crippen LogP contribution in [0, 0.1) is 5.92 Å². The third kappa shape index (κ3) is 4.51. The van der Waals surface area contributed by atoms with Crippen molar-refractivity contribution in [3.05, 3.63) is 28.2 Å². The normalized spacial score (nSPS) is 12.1. The summed E-state index contributed by atoms with van der Waals surface area (Å²) in [5, 5.41) is 0. The molecule has 0 spiro atoms. The van der Waals surface area contributed by atoms with Crippen LogP contribution in [0.25, 0.3) is 0 Å². The molecule has 0 aliphatic heterocycles. The number of halogens is 1. The Balaban J connectivity index is 2.78. The molecule has 4 nitrogen and oxygen atoms in total. The zero-order valence-corrected chi connectivity index (χ0v) is 13.2. The maximum absolute atomic E-state index is 12.1. The number of benzene rings is 1. The maximum atomic E-state index is 12.1. The fourth-order valence-electron chi connectivity index (χ4n) is 1.95. The van der Waals surface area contributed by atoms with Crippen LogP contribution in [0.1, 0.15) is 18.9 Å². The fourth-order valence-corrected chi connectivity index (χ4v) is 2.36. The fraction of sp³-hybridized carbons (Fsp3) is 0.500. The molecule has 0 radical (unpaired) electrons. The largest absolute Gasteiger partial charge is 0.496 e. The molecule has 0 aliphatic rings. The third-order valence-electron chi connectivity index (χ3n) is 3.05. The molecule has 0 aliphatic carbocycles. The van der Waals surface area contributed by atoms with Crippen molar-refractivity contribution in [3.8, 4) is 5.75 Å². The number of carbonyl (C=O) groups excluding carboxylic acids is 1. The average Bonchev–Trinajstić information content (AvgIpc) is 2.38. The van der Waals surface area contributed by atoms with Gasteiger partial charge in [-0.2, -0.15) is 0 Å². The van der Waals surface area contributed by atoms with E-state index in [-0.39, 0.29) is 11.8 Å². The van der Waals surface area contributed by atoms with Gasteiger partial charge >= 0.3 is 0 Å². The van der Waals surface area contributed by atoms with Crippen LogP contribution in [0.2, 0.25) is 0 Å². The Labute approximate surface area is 123 Å². The van der Waals surface area contributed by atoms with E-state index in [4.69, 9.17) is 10.5 Å². The first-order valence-electron chi connectivity index (χ1n) is 6.27. The Morgan fingerprint density at radius 3 is 2.79 bits per heavy atom. The molecule has 0 saturated heterocycles. The SMILES string of the molecule is COc1ccc(Br)cc1CN(C)C(=O)C(C)CCN. The van der Waals surface area contributed by atoms with E-state index in [2.05, 4.69) is 15.9 Å². The molecule has 1 amide bonds. The monoisotopic (exact) mass is 328 g/mol. The summed E-state index contributed by atoms with van der Waals surface area (Å²) in [5.41, 5.74) is 6.47. The van der Waals surface area contributed by atoms with Crippen molar-refractivity contribution in [1.82, 2.24) is 4.90 Å². The first-order chi connectivity index (χ1) is 8.99. The smallest absolute Gasteiger partial charge is 0.225 e. The molecular formula is C14H21BrN2O2. The maximum Gasteiger partial charge on any atom is 0.225 e. The summed E-state index contributed by atoms with van der Waals surface area (Å²) < 4.78 is 6.28. The molecule has 2 N–H and O–H groups in total. The van der Waals surface area contributed by atoms with Gasteiger partial charge in [0.05, 0.1) is 7.11 Å². The van der Waals surface area contributed by atoms with Crippen LogP contribution in [0.15, 0.2) is 22.7 Å². The van der Waals surface area contributed by atoms with E-state index in [1.807, 2.05) is 25.1 Å². The molecule has 0 fully saturated rings. The van der Waals surface area contributed by atoms with E-state index in [1.54, 1.807) is 19.1 Å². The summed E-state index contributed by atoms with van der Waals surface area (Å²) in [6, 6.07) is 5.78. The molecule has 0 aromatic heterocycles. The van der Waals surface area contributed by atoms with Gasteiger partial charge in [-0.15, -0.1) is 0 Å². The Morgan fingerprint density at radius 1 is 1.53 bits per heavy atom. The summed E-state index contributed by atoms with van der Waals surface area (Å²) in [7, 11) is 3.43. The predicted octanol–water partition coefficient (Wildman–Crippen LogP) is 2.40. The second-order valence-corrected chi connectivity index (χ2v) is 5.54. The van der Waals surface area contributed by atoms with E-state index in [9.17, 15) is 4.79 Å². The first kappa shape index (κ1) is 16.0. The summed E-state index contributed by atoms with van der Waals surface area (Å²) in [4.78, 5) is 13.9. The molecule has 106 valence electrons. The number of methoxy groups -OCH3 is 1. The van der Waals surface area contributed by atoms with Crippen molar-refractivity contribution < 1.29 is 9.53 Å². The number of hydrogen-bond acceptors (Lipinski definition) is 3. The van der Waals surface area contributed by atoms with Crippen molar-refractivity contribution in [2.45, 2.75) is 19.9 Å². The summed E-state index contributed by atoms with van der Waals surface area (Å²) >= 11 is 3.43. The summed E-state index contributed by atoms with van der Waals surface area (Å²) in [5.74, 6) is 0.843. The molecule has 1 rings (SSSR count). The topological polar surface area (TPSA) is 55.6 Å². The van der Waals surface area contributed by atoms with Crippen molar-refractivity contribution >= 4 is 21.8 Å². The van der Waals surface area contributed by atoms with Crippen LogP contribution >= 0.6 is 15.9 Å². The molecule has 0 bridgehead atoms. The number of rotatable bonds is 6. The van der Waals surface area contributed by atoms with Crippen molar-refractivity contribution in [1.29, 1.82) is 0 Å². The second kappa shape index (κ2) is 7.50. The highest BCUT2D eigenvalue weighted by molar-refractivity contribution is 9.10. The highest BCUT2D eigenvalue weighted by Crippen LogP contribution is 2.24. The van der Waals surface area contributed by atoms with Gasteiger partial charge in [0.25, 0.3) is 0 Å². The van der Waals surface area contributed by atoms with Crippen LogP contribution in [-0.2, 0) is 11.3 Å². The van der Waals surface area contributed by atoms with Gasteiger partial charge in [-0.1, -0.05) is 22.9 Å². The third-order valence-corrected chi connectivity index (χ3v) is 3.54. The Bertz CT molecular complexity index is 437. The Morgan fingerprint density at radius 2 is 2.21 bits per heavy atom. The van der Waals surface area contributed by atoms with Gasteiger partial charge in [0, 0.05) is 29.5 Å². The van der Waals surface area contributed by atoms with E-state index in [1.165, 1.54) is 0 Å². The van der Waals surface area contributed by atoms with Crippen LogP contribution in [0.5, 0.6) is 5.75 Å². The van der Waals surface area contributed by atoms with E-state index >= 15 is 0 Å². The van der Waals surface area contributed by atoms with Crippen LogP contribution in [0.4, 0.5) is 0 Å². The van der Waals surface area contributed by atoms with Crippen molar-refractivity contribution in [3.63, 3.8) is 0 Å². The minimum absolute atomic E-state index is 0.0480. The van der Waals surface area contributed by atoms with Crippen LogP contribution in [0.3, 0.4) is 0 Å². The van der Waals surface area contributed by atoms with Crippen molar-refractivity contribution in [2.24, 2.45) is 11.7 Å². The molecule has 19 heavy (non-hydrogen) atoms. The number of amides is 1. The van der Waals surface area contributed by atoms with E-state index in [0.29, 0.717) is 19.5 Å². The van der Waals surface area contributed by atoms with Gasteiger partial charge in [0.1, 0.15) is 5.75 Å². The minimum Gasteiger partial charge on any atom is -0.496 e. The standard InChI is InChI=1S/C14H21BrN2O2/c1-10(6-7-16)14(18)17(2)9-11-8-12(15)4-5-13(11)19-3/h4-5,8,10H,6-7,9,16H2,1-3H3. The van der Waals surface area contributed by atoms with Gasteiger partial charge in [0.2, 0.25) is 5.91 Å². The number of nitrogens with two attached hydrogens (primary N) is 1. The zero-order valence-electron chi connectivity index (χ0n) is 11.6. The Hall–Kier alpha value is -1.07. The molecule has 1 aromatic rings. The lowest BCUT2D eigenvalue weighted by Gasteiger charge is -2.22. The highest BCUT2D eigenvalue weighted by Gasteiger charge is 2.18. The quantitative estimate of drug-likeness (QED) is 0.872.